The maximum absolute atomic E-state index is 13.4. The highest BCUT2D eigenvalue weighted by atomic mass is 19.1. The Bertz CT molecular complexity index is 827. The second-order valence-corrected chi connectivity index (χ2v) is 5.08. The molecule has 0 fully saturated rings. The maximum atomic E-state index is 13.4. The van der Waals surface area contributed by atoms with Crippen LogP contribution in [0.25, 0.3) is 6.08 Å². The number of methoxy groups -OCH3 is 1. The molecule has 0 aliphatic carbocycles. The number of halogens is 1. The summed E-state index contributed by atoms with van der Waals surface area (Å²) in [4.78, 5) is 12.6. The van der Waals surface area contributed by atoms with Gasteiger partial charge in [0.1, 0.15) is 11.6 Å². The lowest BCUT2D eigenvalue weighted by Crippen LogP contribution is -2.21. The fraction of sp³-hybridized carbons (Fsp3) is 0.111. The molecule has 1 aliphatic rings. The molecule has 5 heteroatoms. The SMILES string of the molecule is COc1ccccc1/C=C1\C(=O)N(c2cccc(F)c2)N=C1C. The second-order valence-electron chi connectivity index (χ2n) is 5.08. The molecule has 0 spiro atoms. The molecule has 0 N–H and O–H groups in total. The number of hydrogen-bond donors (Lipinski definition) is 0. The van der Waals surface area contributed by atoms with Gasteiger partial charge in [-0.3, -0.25) is 4.79 Å². The van der Waals surface area contributed by atoms with Crippen LogP contribution in [0.2, 0.25) is 0 Å². The number of ether oxygens (including phenoxy) is 1. The average molecular weight is 310 g/mol. The van der Waals surface area contributed by atoms with Gasteiger partial charge in [-0.1, -0.05) is 24.3 Å². The van der Waals surface area contributed by atoms with Crippen LogP contribution in [0.15, 0.2) is 59.2 Å². The first-order valence-corrected chi connectivity index (χ1v) is 7.10. The number of benzene rings is 2. The Morgan fingerprint density at radius 1 is 1.17 bits per heavy atom. The molecule has 4 nitrogen and oxygen atoms in total. The van der Waals surface area contributed by atoms with E-state index in [9.17, 15) is 9.18 Å². The molecule has 3 rings (SSSR count). The average Bonchev–Trinajstić information content (AvgIpc) is 2.83. The van der Waals surface area contributed by atoms with E-state index in [2.05, 4.69) is 5.10 Å². The Labute approximate surface area is 133 Å². The number of para-hydroxylation sites is 1. The molecule has 1 amide bonds. The number of hydrogen-bond acceptors (Lipinski definition) is 3. The lowest BCUT2D eigenvalue weighted by Gasteiger charge is -2.11. The van der Waals surface area contributed by atoms with Gasteiger partial charge in [-0.15, -0.1) is 0 Å². The predicted octanol–water partition coefficient (Wildman–Crippen LogP) is 3.64. The molecule has 23 heavy (non-hydrogen) atoms. The van der Waals surface area contributed by atoms with Crippen molar-refractivity contribution in [1.82, 2.24) is 0 Å². The second kappa shape index (κ2) is 6.04. The minimum Gasteiger partial charge on any atom is -0.496 e. The number of carbonyl (C=O) groups excluding carboxylic acids is 1. The van der Waals surface area contributed by atoms with Crippen molar-refractivity contribution >= 4 is 23.4 Å². The van der Waals surface area contributed by atoms with Gasteiger partial charge < -0.3 is 4.74 Å². The summed E-state index contributed by atoms with van der Waals surface area (Å²) in [5.74, 6) is -0.0332. The molecule has 116 valence electrons. The number of hydrazone groups is 1. The van der Waals surface area contributed by atoms with Crippen molar-refractivity contribution in [3.63, 3.8) is 0 Å². The Kier molecular flexibility index (Phi) is 3.93. The molecule has 0 aromatic heterocycles. The van der Waals surface area contributed by atoms with E-state index in [1.807, 2.05) is 24.3 Å². The first-order valence-electron chi connectivity index (χ1n) is 7.10. The van der Waals surface area contributed by atoms with Crippen molar-refractivity contribution in [2.24, 2.45) is 5.10 Å². The van der Waals surface area contributed by atoms with Crippen molar-refractivity contribution < 1.29 is 13.9 Å². The Morgan fingerprint density at radius 3 is 2.70 bits per heavy atom. The van der Waals surface area contributed by atoms with Crippen LogP contribution in [0.4, 0.5) is 10.1 Å². The van der Waals surface area contributed by atoms with E-state index in [1.54, 1.807) is 32.2 Å². The van der Waals surface area contributed by atoms with Crippen LogP contribution >= 0.6 is 0 Å². The monoisotopic (exact) mass is 310 g/mol. The van der Waals surface area contributed by atoms with Crippen LogP contribution < -0.4 is 9.75 Å². The van der Waals surface area contributed by atoms with E-state index in [0.717, 1.165) is 5.56 Å². The fourth-order valence-corrected chi connectivity index (χ4v) is 2.41. The number of rotatable bonds is 3. The Hall–Kier alpha value is -2.95. The third-order valence-corrected chi connectivity index (χ3v) is 3.55. The minimum atomic E-state index is -0.412. The molecule has 2 aromatic carbocycles. The molecule has 0 saturated carbocycles. The first-order chi connectivity index (χ1) is 11.1. The van der Waals surface area contributed by atoms with E-state index in [1.165, 1.54) is 17.1 Å². The highest BCUT2D eigenvalue weighted by Crippen LogP contribution is 2.27. The summed E-state index contributed by atoms with van der Waals surface area (Å²) in [6.45, 7) is 1.75. The highest BCUT2D eigenvalue weighted by molar-refractivity contribution is 6.32. The summed E-state index contributed by atoms with van der Waals surface area (Å²) in [6, 6.07) is 13.2. The van der Waals surface area contributed by atoms with Gasteiger partial charge in [0.15, 0.2) is 0 Å². The molecule has 2 aromatic rings. The lowest BCUT2D eigenvalue weighted by molar-refractivity contribution is -0.114. The largest absolute Gasteiger partial charge is 0.496 e. The zero-order valence-corrected chi connectivity index (χ0v) is 12.8. The maximum Gasteiger partial charge on any atom is 0.280 e. The van der Waals surface area contributed by atoms with Gasteiger partial charge in [0.25, 0.3) is 5.91 Å². The van der Waals surface area contributed by atoms with Crippen LogP contribution in [-0.4, -0.2) is 18.7 Å². The van der Waals surface area contributed by atoms with Crippen molar-refractivity contribution in [2.45, 2.75) is 6.92 Å². The van der Waals surface area contributed by atoms with Crippen LogP contribution in [0.3, 0.4) is 0 Å². The normalized spacial score (nSPS) is 16.0. The summed E-state index contributed by atoms with van der Waals surface area (Å²) in [5, 5.41) is 5.45. The summed E-state index contributed by atoms with van der Waals surface area (Å²) in [5.41, 5.74) is 2.22. The topological polar surface area (TPSA) is 41.9 Å². The fourth-order valence-electron chi connectivity index (χ4n) is 2.41. The van der Waals surface area contributed by atoms with E-state index in [-0.39, 0.29) is 5.91 Å². The van der Waals surface area contributed by atoms with Crippen molar-refractivity contribution in [3.05, 3.63) is 65.5 Å². The van der Waals surface area contributed by atoms with Gasteiger partial charge in [-0.05, 0) is 37.3 Å². The van der Waals surface area contributed by atoms with Gasteiger partial charge in [0.05, 0.1) is 24.1 Å². The molecule has 0 atom stereocenters. The number of anilines is 1. The predicted molar refractivity (Wildman–Crippen MR) is 88.0 cm³/mol. The van der Waals surface area contributed by atoms with Crippen molar-refractivity contribution in [2.75, 3.05) is 12.1 Å². The Balaban J connectivity index is 1.99. The zero-order chi connectivity index (χ0) is 16.4. The number of nitrogens with zero attached hydrogens (tertiary/aromatic N) is 2. The molecule has 0 bridgehead atoms. The molecule has 1 aliphatic heterocycles. The van der Waals surface area contributed by atoms with Gasteiger partial charge in [0.2, 0.25) is 0 Å². The smallest absolute Gasteiger partial charge is 0.280 e. The van der Waals surface area contributed by atoms with Gasteiger partial charge in [-0.25, -0.2) is 4.39 Å². The summed E-state index contributed by atoms with van der Waals surface area (Å²) in [7, 11) is 1.58. The molecular formula is C18H15FN2O2. The van der Waals surface area contributed by atoms with Crippen molar-refractivity contribution in [3.8, 4) is 5.75 Å². The minimum absolute atomic E-state index is 0.293. The van der Waals surface area contributed by atoms with Gasteiger partial charge in [-0.2, -0.15) is 10.1 Å². The van der Waals surface area contributed by atoms with E-state index < -0.39 is 5.82 Å². The molecular weight excluding hydrogens is 295 g/mol. The van der Waals surface area contributed by atoms with Crippen LogP contribution in [0.1, 0.15) is 12.5 Å². The molecule has 1 heterocycles. The van der Waals surface area contributed by atoms with E-state index in [4.69, 9.17) is 4.74 Å². The van der Waals surface area contributed by atoms with Crippen LogP contribution in [0, 0.1) is 5.82 Å². The van der Waals surface area contributed by atoms with Gasteiger partial charge in [0, 0.05) is 5.56 Å². The highest BCUT2D eigenvalue weighted by Gasteiger charge is 2.29. The van der Waals surface area contributed by atoms with E-state index in [0.29, 0.717) is 22.7 Å². The summed E-state index contributed by atoms with van der Waals surface area (Å²) < 4.78 is 18.7. The molecule has 0 unspecified atom stereocenters. The Morgan fingerprint density at radius 2 is 1.96 bits per heavy atom. The third kappa shape index (κ3) is 2.85. The quantitative estimate of drug-likeness (QED) is 0.812. The van der Waals surface area contributed by atoms with Crippen molar-refractivity contribution in [1.29, 1.82) is 0 Å². The first kappa shape index (κ1) is 15.0. The van der Waals surface area contributed by atoms with E-state index >= 15 is 0 Å². The summed E-state index contributed by atoms with van der Waals surface area (Å²) in [6.07, 6.45) is 1.74. The standard InChI is InChI=1S/C18H15FN2O2/c1-12-16(10-13-6-3-4-9-17(13)23-2)18(22)21(20-12)15-8-5-7-14(19)11-15/h3-11H,1-2H3/b16-10-. The lowest BCUT2D eigenvalue weighted by atomic mass is 10.1. The third-order valence-electron chi connectivity index (χ3n) is 3.55. The zero-order valence-electron chi connectivity index (χ0n) is 12.8. The number of carbonyl (C=O) groups is 1. The van der Waals surface area contributed by atoms with Gasteiger partial charge >= 0.3 is 0 Å². The number of amides is 1. The summed E-state index contributed by atoms with van der Waals surface area (Å²) >= 11 is 0. The van der Waals surface area contributed by atoms with Crippen LogP contribution in [-0.2, 0) is 4.79 Å². The molecule has 0 radical (unpaired) electrons. The van der Waals surface area contributed by atoms with Crippen LogP contribution in [0.5, 0.6) is 5.75 Å². The molecule has 0 saturated heterocycles.